The fourth-order valence-electron chi connectivity index (χ4n) is 4.33. The van der Waals surface area contributed by atoms with Crippen molar-refractivity contribution in [3.05, 3.63) is 54.2 Å². The molecule has 0 saturated heterocycles. The van der Waals surface area contributed by atoms with Gasteiger partial charge in [-0.25, -0.2) is 4.98 Å². The quantitative estimate of drug-likeness (QED) is 0.473. The Morgan fingerprint density at radius 1 is 1.17 bits per heavy atom. The molecule has 5 nitrogen and oxygen atoms in total. The second kappa shape index (κ2) is 7.76. The van der Waals surface area contributed by atoms with Crippen molar-refractivity contribution in [3.63, 3.8) is 0 Å². The van der Waals surface area contributed by atoms with E-state index in [-0.39, 0.29) is 11.9 Å². The van der Waals surface area contributed by atoms with E-state index in [1.165, 1.54) is 19.3 Å². The van der Waals surface area contributed by atoms with Gasteiger partial charge in [0.15, 0.2) is 4.96 Å². The highest BCUT2D eigenvalue weighted by Crippen LogP contribution is 2.31. The molecule has 2 aromatic carbocycles. The van der Waals surface area contributed by atoms with Gasteiger partial charge in [-0.1, -0.05) is 31.1 Å². The number of rotatable bonds is 4. The minimum Gasteiger partial charge on any atom is -0.497 e. The zero-order chi connectivity index (χ0) is 20.7. The Bertz CT molecular complexity index is 1210. The van der Waals surface area contributed by atoms with E-state index in [4.69, 9.17) is 9.72 Å². The lowest BCUT2D eigenvalue weighted by atomic mass is 9.86. The molecule has 0 aliphatic heterocycles. The third-order valence-corrected chi connectivity index (χ3v) is 7.19. The Balaban J connectivity index is 1.41. The summed E-state index contributed by atoms with van der Waals surface area (Å²) < 4.78 is 8.41. The summed E-state index contributed by atoms with van der Waals surface area (Å²) in [5.41, 5.74) is 3.78. The second-order valence-corrected chi connectivity index (χ2v) is 9.14. The van der Waals surface area contributed by atoms with E-state index in [0.717, 1.165) is 44.2 Å². The van der Waals surface area contributed by atoms with Crippen LogP contribution in [0.5, 0.6) is 5.75 Å². The third kappa shape index (κ3) is 3.45. The first-order valence-electron chi connectivity index (χ1n) is 10.5. The molecular weight excluding hydrogens is 394 g/mol. The van der Waals surface area contributed by atoms with Gasteiger partial charge in [0.25, 0.3) is 5.91 Å². The first kappa shape index (κ1) is 19.1. The van der Waals surface area contributed by atoms with Gasteiger partial charge in [0.2, 0.25) is 0 Å². The van der Waals surface area contributed by atoms with Crippen molar-refractivity contribution in [2.75, 3.05) is 7.11 Å². The number of imidazole rings is 1. The number of methoxy groups -OCH3 is 1. The van der Waals surface area contributed by atoms with Crippen LogP contribution < -0.4 is 10.1 Å². The van der Waals surface area contributed by atoms with E-state index in [1.807, 2.05) is 42.5 Å². The average Bonchev–Trinajstić information content (AvgIpc) is 3.33. The number of thiazole rings is 1. The van der Waals surface area contributed by atoms with Crippen molar-refractivity contribution in [2.24, 2.45) is 5.92 Å². The van der Waals surface area contributed by atoms with E-state index < -0.39 is 0 Å². The summed E-state index contributed by atoms with van der Waals surface area (Å²) in [5, 5.41) is 3.25. The van der Waals surface area contributed by atoms with Crippen molar-refractivity contribution >= 4 is 32.4 Å². The number of hydrogen-bond donors (Lipinski definition) is 1. The van der Waals surface area contributed by atoms with Gasteiger partial charge in [0.1, 0.15) is 5.75 Å². The van der Waals surface area contributed by atoms with Gasteiger partial charge in [-0.15, -0.1) is 0 Å². The number of ether oxygens (including phenoxy) is 1. The van der Waals surface area contributed by atoms with Crippen LogP contribution in [-0.2, 0) is 0 Å². The standard InChI is InChI=1S/C24H25N3O2S/c1-15-5-3-4-6-19(15)25-23(28)17-9-12-21-22(13-17)30-24-26-20(14-27(21)24)16-7-10-18(29-2)11-8-16/h7-15,19H,3-6H2,1-2H3,(H,25,28)/t15-,19+/m0/s1. The summed E-state index contributed by atoms with van der Waals surface area (Å²) in [6.45, 7) is 2.24. The minimum atomic E-state index is 0.0283. The minimum absolute atomic E-state index is 0.0283. The molecule has 0 bridgehead atoms. The predicted octanol–water partition coefficient (Wildman–Crippen LogP) is 5.53. The van der Waals surface area contributed by atoms with Crippen LogP contribution >= 0.6 is 11.3 Å². The van der Waals surface area contributed by atoms with E-state index in [9.17, 15) is 4.79 Å². The second-order valence-electron chi connectivity index (χ2n) is 8.13. The van der Waals surface area contributed by atoms with Gasteiger partial charge in [-0.2, -0.15) is 0 Å². The SMILES string of the molecule is COc1ccc(-c2cn3c(n2)sc2cc(C(=O)N[C@@H]4CCCC[C@@H]4C)ccc23)cc1. The molecule has 0 unspecified atom stereocenters. The number of carbonyl (C=O) groups excluding carboxylic acids is 1. The maximum Gasteiger partial charge on any atom is 0.251 e. The molecule has 2 atom stereocenters. The van der Waals surface area contributed by atoms with Crippen LogP contribution in [-0.4, -0.2) is 28.4 Å². The molecule has 5 rings (SSSR count). The van der Waals surface area contributed by atoms with Crippen molar-refractivity contribution in [1.29, 1.82) is 0 Å². The summed E-state index contributed by atoms with van der Waals surface area (Å²) in [5.74, 6) is 1.41. The van der Waals surface area contributed by atoms with Crippen molar-refractivity contribution < 1.29 is 9.53 Å². The number of fused-ring (bicyclic) bond motifs is 3. The molecule has 1 amide bonds. The number of carbonyl (C=O) groups is 1. The lowest BCUT2D eigenvalue weighted by molar-refractivity contribution is 0.0910. The van der Waals surface area contributed by atoms with Crippen LogP contribution in [0.15, 0.2) is 48.7 Å². The predicted molar refractivity (Wildman–Crippen MR) is 121 cm³/mol. The van der Waals surface area contributed by atoms with Crippen molar-refractivity contribution in [1.82, 2.24) is 14.7 Å². The van der Waals surface area contributed by atoms with Crippen LogP contribution in [0.25, 0.3) is 26.4 Å². The molecule has 154 valence electrons. The fourth-order valence-corrected chi connectivity index (χ4v) is 5.37. The summed E-state index contributed by atoms with van der Waals surface area (Å²) >= 11 is 1.61. The molecule has 1 saturated carbocycles. The fraction of sp³-hybridized carbons (Fsp3) is 0.333. The molecule has 1 aliphatic carbocycles. The Hall–Kier alpha value is -2.86. The molecule has 0 spiro atoms. The molecular formula is C24H25N3O2S. The van der Waals surface area contributed by atoms with E-state index >= 15 is 0 Å². The van der Waals surface area contributed by atoms with Gasteiger partial charge in [-0.3, -0.25) is 9.20 Å². The molecule has 1 aliphatic rings. The number of aromatic nitrogens is 2. The first-order valence-corrected chi connectivity index (χ1v) is 11.3. The highest BCUT2D eigenvalue weighted by Gasteiger charge is 2.23. The maximum atomic E-state index is 12.8. The number of benzene rings is 2. The smallest absolute Gasteiger partial charge is 0.251 e. The normalized spacial score (nSPS) is 19.3. The van der Waals surface area contributed by atoms with E-state index in [0.29, 0.717) is 5.92 Å². The van der Waals surface area contributed by atoms with Crippen LogP contribution in [0, 0.1) is 5.92 Å². The summed E-state index contributed by atoms with van der Waals surface area (Å²) in [4.78, 5) is 18.5. The molecule has 1 fully saturated rings. The van der Waals surface area contributed by atoms with Crippen molar-refractivity contribution in [2.45, 2.75) is 38.6 Å². The van der Waals surface area contributed by atoms with Crippen molar-refractivity contribution in [3.8, 4) is 17.0 Å². The topological polar surface area (TPSA) is 55.6 Å². The number of nitrogens with zero attached hydrogens (tertiary/aromatic N) is 2. The molecule has 2 aromatic heterocycles. The van der Waals surface area contributed by atoms with Gasteiger partial charge < -0.3 is 10.1 Å². The Morgan fingerprint density at radius 2 is 1.97 bits per heavy atom. The number of hydrogen-bond acceptors (Lipinski definition) is 4. The number of nitrogens with one attached hydrogen (secondary N) is 1. The highest BCUT2D eigenvalue weighted by atomic mass is 32.1. The Labute approximate surface area is 179 Å². The Kier molecular flexibility index (Phi) is 4.95. The largest absolute Gasteiger partial charge is 0.497 e. The van der Waals surface area contributed by atoms with Crippen LogP contribution in [0.3, 0.4) is 0 Å². The molecule has 2 heterocycles. The lowest BCUT2D eigenvalue weighted by Gasteiger charge is -2.29. The van der Waals surface area contributed by atoms with Gasteiger partial charge in [0, 0.05) is 23.4 Å². The molecule has 4 aromatic rings. The molecule has 30 heavy (non-hydrogen) atoms. The lowest BCUT2D eigenvalue weighted by Crippen LogP contribution is -2.41. The van der Waals surface area contributed by atoms with E-state index in [1.54, 1.807) is 18.4 Å². The van der Waals surface area contributed by atoms with Crippen LogP contribution in [0.4, 0.5) is 0 Å². The summed E-state index contributed by atoms with van der Waals surface area (Å²) in [6.07, 6.45) is 6.80. The average molecular weight is 420 g/mol. The van der Waals surface area contributed by atoms with Gasteiger partial charge >= 0.3 is 0 Å². The van der Waals surface area contributed by atoms with Gasteiger partial charge in [-0.05, 0) is 61.2 Å². The number of amides is 1. The third-order valence-electron chi connectivity index (χ3n) is 6.17. The molecule has 6 heteroatoms. The van der Waals surface area contributed by atoms with E-state index in [2.05, 4.69) is 22.8 Å². The first-order chi connectivity index (χ1) is 14.6. The summed E-state index contributed by atoms with van der Waals surface area (Å²) in [6, 6.07) is 14.1. The van der Waals surface area contributed by atoms with Crippen LogP contribution in [0.1, 0.15) is 43.0 Å². The van der Waals surface area contributed by atoms with Gasteiger partial charge in [0.05, 0.1) is 23.0 Å². The zero-order valence-electron chi connectivity index (χ0n) is 17.2. The molecule has 0 radical (unpaired) electrons. The highest BCUT2D eigenvalue weighted by molar-refractivity contribution is 7.23. The Morgan fingerprint density at radius 3 is 2.73 bits per heavy atom. The monoisotopic (exact) mass is 419 g/mol. The maximum absolute atomic E-state index is 12.8. The molecule has 1 N–H and O–H groups in total. The summed E-state index contributed by atoms with van der Waals surface area (Å²) in [7, 11) is 1.66. The zero-order valence-corrected chi connectivity index (χ0v) is 18.0. The van der Waals surface area contributed by atoms with Crippen LogP contribution in [0.2, 0.25) is 0 Å².